The summed E-state index contributed by atoms with van der Waals surface area (Å²) in [6, 6.07) is 0.354. The van der Waals surface area contributed by atoms with Gasteiger partial charge in [-0.05, 0) is 33.1 Å². The van der Waals surface area contributed by atoms with Crippen molar-refractivity contribution in [3.05, 3.63) is 0 Å². The van der Waals surface area contributed by atoms with Crippen LogP contribution in [0.2, 0.25) is 0 Å². The Kier molecular flexibility index (Phi) is 3.20. The van der Waals surface area contributed by atoms with Gasteiger partial charge in [0.2, 0.25) is 0 Å². The summed E-state index contributed by atoms with van der Waals surface area (Å²) in [5, 5.41) is 0. The summed E-state index contributed by atoms with van der Waals surface area (Å²) in [6.45, 7) is 8.81. The molecule has 1 fully saturated rings. The minimum Gasteiger partial charge on any atom is -0.369 e. The monoisotopic (exact) mass is 199 g/mol. The number of likely N-dealkylation sites (tertiary alicyclic amines) is 1. The molecule has 82 valence electrons. The predicted molar refractivity (Wildman–Crippen MR) is 56.0 cm³/mol. The van der Waals surface area contributed by atoms with Gasteiger partial charge in [-0.3, -0.25) is 4.79 Å². The van der Waals surface area contributed by atoms with Crippen LogP contribution in [-0.2, 0) is 9.53 Å². The van der Waals surface area contributed by atoms with Gasteiger partial charge in [-0.2, -0.15) is 0 Å². The van der Waals surface area contributed by atoms with Crippen molar-refractivity contribution in [3.63, 3.8) is 0 Å². The zero-order valence-corrected chi connectivity index (χ0v) is 9.83. The molecule has 1 amide bonds. The molecule has 1 aliphatic heterocycles. The number of hydrogen-bond donors (Lipinski definition) is 0. The lowest BCUT2D eigenvalue weighted by atomic mass is 10.1. The molecule has 0 aromatic heterocycles. The van der Waals surface area contributed by atoms with E-state index in [9.17, 15) is 4.79 Å². The lowest BCUT2D eigenvalue weighted by molar-refractivity contribution is -0.151. The summed E-state index contributed by atoms with van der Waals surface area (Å²) >= 11 is 0. The van der Waals surface area contributed by atoms with Crippen LogP contribution in [0.15, 0.2) is 0 Å². The van der Waals surface area contributed by atoms with Crippen LogP contribution in [0.5, 0.6) is 0 Å². The summed E-state index contributed by atoms with van der Waals surface area (Å²) < 4.78 is 5.20. The van der Waals surface area contributed by atoms with E-state index >= 15 is 0 Å². The second-order valence-electron chi connectivity index (χ2n) is 4.86. The topological polar surface area (TPSA) is 29.5 Å². The number of methoxy groups -OCH3 is 1. The van der Waals surface area contributed by atoms with Gasteiger partial charge in [0.1, 0.15) is 5.60 Å². The third kappa shape index (κ3) is 2.08. The predicted octanol–water partition coefficient (Wildman–Crippen LogP) is 1.67. The molecule has 0 aromatic rings. The van der Waals surface area contributed by atoms with Crippen LogP contribution >= 0.6 is 0 Å². The number of carbonyl (C=O) groups excluding carboxylic acids is 1. The van der Waals surface area contributed by atoms with E-state index in [-0.39, 0.29) is 5.91 Å². The number of hydrogen-bond acceptors (Lipinski definition) is 2. The fourth-order valence-electron chi connectivity index (χ4n) is 2.02. The highest BCUT2D eigenvalue weighted by molar-refractivity contribution is 5.84. The normalized spacial score (nSPS) is 28.2. The molecule has 2 unspecified atom stereocenters. The minimum absolute atomic E-state index is 0.108. The zero-order valence-electron chi connectivity index (χ0n) is 9.83. The number of ether oxygens (including phenoxy) is 1. The van der Waals surface area contributed by atoms with E-state index in [1.807, 2.05) is 18.7 Å². The Labute approximate surface area is 86.4 Å². The Balaban J connectivity index is 2.70. The first-order chi connectivity index (χ1) is 6.38. The SMILES string of the molecule is COC(C)(C)C(=O)N1CC(C)CC1C. The maximum Gasteiger partial charge on any atom is 0.254 e. The van der Waals surface area contributed by atoms with Gasteiger partial charge in [0.05, 0.1) is 0 Å². The Morgan fingerprint density at radius 1 is 1.43 bits per heavy atom. The molecule has 3 nitrogen and oxygen atoms in total. The number of rotatable bonds is 2. The molecular formula is C11H21NO2. The molecule has 0 saturated carbocycles. The van der Waals surface area contributed by atoms with E-state index in [1.165, 1.54) is 0 Å². The van der Waals surface area contributed by atoms with Crippen LogP contribution < -0.4 is 0 Å². The fourth-order valence-corrected chi connectivity index (χ4v) is 2.02. The van der Waals surface area contributed by atoms with E-state index in [0.717, 1.165) is 13.0 Å². The lowest BCUT2D eigenvalue weighted by Gasteiger charge is -2.30. The van der Waals surface area contributed by atoms with Gasteiger partial charge in [-0.1, -0.05) is 6.92 Å². The molecule has 0 spiro atoms. The van der Waals surface area contributed by atoms with Crippen LogP contribution in [0.4, 0.5) is 0 Å². The third-order valence-electron chi connectivity index (χ3n) is 3.07. The molecule has 1 heterocycles. The first kappa shape index (κ1) is 11.5. The molecule has 0 aliphatic carbocycles. The molecule has 1 aliphatic rings. The summed E-state index contributed by atoms with van der Waals surface area (Å²) in [5.74, 6) is 0.721. The molecule has 0 bridgehead atoms. The van der Waals surface area contributed by atoms with Gasteiger partial charge in [0.25, 0.3) is 5.91 Å². The average molecular weight is 199 g/mol. The minimum atomic E-state index is -0.682. The van der Waals surface area contributed by atoms with Crippen molar-refractivity contribution >= 4 is 5.91 Å². The highest BCUT2D eigenvalue weighted by Gasteiger charge is 2.38. The summed E-state index contributed by atoms with van der Waals surface area (Å²) in [4.78, 5) is 14.0. The van der Waals surface area contributed by atoms with E-state index in [0.29, 0.717) is 12.0 Å². The van der Waals surface area contributed by atoms with Crippen LogP contribution in [0.25, 0.3) is 0 Å². The quantitative estimate of drug-likeness (QED) is 0.677. The van der Waals surface area contributed by atoms with Crippen LogP contribution in [-0.4, -0.2) is 36.1 Å². The Morgan fingerprint density at radius 3 is 2.36 bits per heavy atom. The Hall–Kier alpha value is -0.570. The first-order valence-electron chi connectivity index (χ1n) is 5.24. The van der Waals surface area contributed by atoms with Gasteiger partial charge in [-0.15, -0.1) is 0 Å². The number of carbonyl (C=O) groups is 1. The first-order valence-corrected chi connectivity index (χ1v) is 5.24. The highest BCUT2D eigenvalue weighted by Crippen LogP contribution is 2.25. The number of amides is 1. The molecule has 1 saturated heterocycles. The maximum atomic E-state index is 12.1. The summed E-state index contributed by atoms with van der Waals surface area (Å²) in [7, 11) is 1.59. The van der Waals surface area contributed by atoms with Gasteiger partial charge in [0, 0.05) is 19.7 Å². The molecule has 14 heavy (non-hydrogen) atoms. The van der Waals surface area contributed by atoms with E-state index in [4.69, 9.17) is 4.74 Å². The molecule has 2 atom stereocenters. The van der Waals surface area contributed by atoms with E-state index in [1.54, 1.807) is 7.11 Å². The smallest absolute Gasteiger partial charge is 0.254 e. The Morgan fingerprint density at radius 2 is 2.00 bits per heavy atom. The van der Waals surface area contributed by atoms with Crippen molar-refractivity contribution < 1.29 is 9.53 Å². The fraction of sp³-hybridized carbons (Fsp3) is 0.909. The molecule has 0 radical (unpaired) electrons. The standard InChI is InChI=1S/C11H21NO2/c1-8-6-9(2)12(7-8)10(13)11(3,4)14-5/h8-9H,6-7H2,1-5H3. The molecular weight excluding hydrogens is 178 g/mol. The second-order valence-corrected chi connectivity index (χ2v) is 4.86. The molecule has 1 rings (SSSR count). The largest absolute Gasteiger partial charge is 0.369 e. The van der Waals surface area contributed by atoms with Crippen molar-refractivity contribution in [1.82, 2.24) is 4.90 Å². The van der Waals surface area contributed by atoms with Gasteiger partial charge < -0.3 is 9.64 Å². The third-order valence-corrected chi connectivity index (χ3v) is 3.07. The van der Waals surface area contributed by atoms with Gasteiger partial charge in [0.15, 0.2) is 0 Å². The van der Waals surface area contributed by atoms with Gasteiger partial charge >= 0.3 is 0 Å². The van der Waals surface area contributed by atoms with Crippen molar-refractivity contribution in [2.45, 2.75) is 45.8 Å². The second kappa shape index (κ2) is 3.89. The van der Waals surface area contributed by atoms with E-state index < -0.39 is 5.60 Å². The summed E-state index contributed by atoms with van der Waals surface area (Å²) in [6.07, 6.45) is 1.10. The number of nitrogens with zero attached hydrogens (tertiary/aromatic N) is 1. The van der Waals surface area contributed by atoms with Crippen molar-refractivity contribution in [2.24, 2.45) is 5.92 Å². The zero-order chi connectivity index (χ0) is 10.9. The van der Waals surface area contributed by atoms with Crippen LogP contribution in [0.1, 0.15) is 34.1 Å². The lowest BCUT2D eigenvalue weighted by Crippen LogP contribution is -2.47. The molecule has 0 N–H and O–H groups in total. The van der Waals surface area contributed by atoms with Crippen molar-refractivity contribution in [1.29, 1.82) is 0 Å². The van der Waals surface area contributed by atoms with E-state index in [2.05, 4.69) is 13.8 Å². The maximum absolute atomic E-state index is 12.1. The Bertz CT molecular complexity index is 225. The highest BCUT2D eigenvalue weighted by atomic mass is 16.5. The summed E-state index contributed by atoms with van der Waals surface area (Å²) in [5.41, 5.74) is -0.682. The van der Waals surface area contributed by atoms with Gasteiger partial charge in [-0.25, -0.2) is 0 Å². The van der Waals surface area contributed by atoms with Crippen molar-refractivity contribution in [3.8, 4) is 0 Å². The molecule has 3 heteroatoms. The van der Waals surface area contributed by atoms with Crippen LogP contribution in [0, 0.1) is 5.92 Å². The van der Waals surface area contributed by atoms with Crippen LogP contribution in [0.3, 0.4) is 0 Å². The van der Waals surface area contributed by atoms with Crippen molar-refractivity contribution in [2.75, 3.05) is 13.7 Å². The molecule has 0 aromatic carbocycles. The average Bonchev–Trinajstić information content (AvgIpc) is 2.44.